The van der Waals surface area contributed by atoms with Gasteiger partial charge in [0.15, 0.2) is 0 Å². The minimum atomic E-state index is -0.159. The predicted molar refractivity (Wildman–Crippen MR) is 79.4 cm³/mol. The molecule has 1 heterocycles. The number of carbonyl (C=O) groups is 1. The second-order valence-electron chi connectivity index (χ2n) is 5.06. The van der Waals surface area contributed by atoms with E-state index in [2.05, 4.69) is 24.0 Å². The Bertz CT molecular complexity index is 459. The van der Waals surface area contributed by atoms with Gasteiger partial charge in [-0.15, -0.1) is 0 Å². The molecule has 4 nitrogen and oxygen atoms in total. The normalized spacial score (nSPS) is 13.2. The maximum atomic E-state index is 11.2. The number of anilines is 1. The van der Waals surface area contributed by atoms with Gasteiger partial charge in [-0.05, 0) is 24.5 Å². The quantitative estimate of drug-likeness (QED) is 0.567. The number of methoxy groups -OCH3 is 1. The summed E-state index contributed by atoms with van der Waals surface area (Å²) < 4.78 is 10.4. The molecule has 20 heavy (non-hydrogen) atoms. The van der Waals surface area contributed by atoms with Crippen molar-refractivity contribution in [2.75, 3.05) is 31.7 Å². The van der Waals surface area contributed by atoms with Crippen molar-refractivity contribution in [1.29, 1.82) is 0 Å². The van der Waals surface area contributed by atoms with E-state index < -0.39 is 0 Å². The molecular formula is C16H23NO3. The van der Waals surface area contributed by atoms with Crippen LogP contribution < -0.4 is 9.64 Å². The second-order valence-corrected chi connectivity index (χ2v) is 5.06. The number of unbranched alkanes of at least 4 members (excludes halogenated alkanes) is 1. The van der Waals surface area contributed by atoms with Crippen LogP contribution in [0.5, 0.6) is 5.75 Å². The topological polar surface area (TPSA) is 38.8 Å². The summed E-state index contributed by atoms with van der Waals surface area (Å²) in [6.45, 7) is 4.58. The van der Waals surface area contributed by atoms with E-state index in [0.717, 1.165) is 38.2 Å². The average Bonchev–Trinajstić information content (AvgIpc) is 2.87. The molecule has 1 aromatic carbocycles. The lowest BCUT2D eigenvalue weighted by Gasteiger charge is -2.19. The van der Waals surface area contributed by atoms with Gasteiger partial charge in [-0.25, -0.2) is 0 Å². The number of benzene rings is 1. The van der Waals surface area contributed by atoms with Crippen LogP contribution in [0.15, 0.2) is 18.2 Å². The summed E-state index contributed by atoms with van der Waals surface area (Å²) in [6, 6.07) is 6.27. The van der Waals surface area contributed by atoms with Crippen LogP contribution >= 0.6 is 0 Å². The van der Waals surface area contributed by atoms with Crippen molar-refractivity contribution in [3.63, 3.8) is 0 Å². The number of fused-ring (bicyclic) bond motifs is 1. The molecule has 0 amide bonds. The van der Waals surface area contributed by atoms with Crippen molar-refractivity contribution in [1.82, 2.24) is 0 Å². The van der Waals surface area contributed by atoms with E-state index in [9.17, 15) is 4.79 Å². The number of carbonyl (C=O) groups excluding carboxylic acids is 1. The minimum absolute atomic E-state index is 0.159. The molecule has 1 aliphatic heterocycles. The molecule has 0 N–H and O–H groups in total. The summed E-state index contributed by atoms with van der Waals surface area (Å²) in [4.78, 5) is 13.5. The fourth-order valence-corrected chi connectivity index (χ4v) is 2.41. The molecule has 0 spiro atoms. The number of rotatable bonds is 7. The van der Waals surface area contributed by atoms with Crippen LogP contribution in [0.25, 0.3) is 0 Å². The first-order valence-corrected chi connectivity index (χ1v) is 7.32. The Kier molecular flexibility index (Phi) is 5.27. The summed E-state index contributed by atoms with van der Waals surface area (Å²) in [5.41, 5.74) is 2.53. The van der Waals surface area contributed by atoms with E-state index in [-0.39, 0.29) is 5.97 Å². The first kappa shape index (κ1) is 14.7. The van der Waals surface area contributed by atoms with Crippen LogP contribution in [-0.4, -0.2) is 32.8 Å². The third-order valence-corrected chi connectivity index (χ3v) is 3.63. The Balaban J connectivity index is 1.98. The molecule has 4 heteroatoms. The summed E-state index contributed by atoms with van der Waals surface area (Å²) in [5, 5.41) is 0. The molecule has 2 rings (SSSR count). The first-order chi connectivity index (χ1) is 9.74. The van der Waals surface area contributed by atoms with Gasteiger partial charge in [0.05, 0.1) is 20.1 Å². The highest BCUT2D eigenvalue weighted by atomic mass is 16.5. The highest BCUT2D eigenvalue weighted by molar-refractivity contribution is 5.70. The zero-order chi connectivity index (χ0) is 14.4. The molecule has 0 saturated heterocycles. The number of hydrogen-bond donors (Lipinski definition) is 0. The van der Waals surface area contributed by atoms with E-state index in [4.69, 9.17) is 9.47 Å². The maximum Gasteiger partial charge on any atom is 0.307 e. The van der Waals surface area contributed by atoms with Gasteiger partial charge in [-0.2, -0.15) is 0 Å². The Morgan fingerprint density at radius 3 is 3.00 bits per heavy atom. The molecule has 0 unspecified atom stereocenters. The predicted octanol–water partition coefficient (Wildman–Crippen LogP) is 2.79. The summed E-state index contributed by atoms with van der Waals surface area (Å²) in [6.07, 6.45) is 3.67. The molecule has 0 bridgehead atoms. The van der Waals surface area contributed by atoms with E-state index in [0.29, 0.717) is 13.0 Å². The monoisotopic (exact) mass is 277 g/mol. The lowest BCUT2D eigenvalue weighted by atomic mass is 10.1. The van der Waals surface area contributed by atoms with Crippen LogP contribution in [0.4, 0.5) is 5.69 Å². The number of nitrogens with zero attached hydrogens (tertiary/aromatic N) is 1. The van der Waals surface area contributed by atoms with Crippen molar-refractivity contribution in [3.8, 4) is 5.75 Å². The smallest absolute Gasteiger partial charge is 0.307 e. The molecule has 110 valence electrons. The van der Waals surface area contributed by atoms with Gasteiger partial charge in [0, 0.05) is 24.8 Å². The first-order valence-electron chi connectivity index (χ1n) is 7.32. The van der Waals surface area contributed by atoms with Gasteiger partial charge in [-0.1, -0.05) is 19.4 Å². The fourth-order valence-electron chi connectivity index (χ4n) is 2.41. The van der Waals surface area contributed by atoms with Gasteiger partial charge >= 0.3 is 5.97 Å². The van der Waals surface area contributed by atoms with Crippen molar-refractivity contribution >= 4 is 11.7 Å². The highest BCUT2D eigenvalue weighted by Crippen LogP contribution is 2.31. The SMILES string of the molecule is CCCCOc1ccc2c(c1)N(CCC(=O)OC)CC2. The maximum absolute atomic E-state index is 11.2. The zero-order valence-electron chi connectivity index (χ0n) is 12.4. The molecule has 0 radical (unpaired) electrons. The largest absolute Gasteiger partial charge is 0.494 e. The van der Waals surface area contributed by atoms with E-state index in [1.165, 1.54) is 18.4 Å². The van der Waals surface area contributed by atoms with Crippen LogP contribution in [0.3, 0.4) is 0 Å². The molecule has 0 aromatic heterocycles. The fraction of sp³-hybridized carbons (Fsp3) is 0.562. The summed E-state index contributed by atoms with van der Waals surface area (Å²) in [5.74, 6) is 0.760. The third-order valence-electron chi connectivity index (χ3n) is 3.63. The molecule has 0 saturated carbocycles. The number of esters is 1. The van der Waals surface area contributed by atoms with Gasteiger partial charge in [-0.3, -0.25) is 4.79 Å². The van der Waals surface area contributed by atoms with Gasteiger partial charge in [0.1, 0.15) is 5.75 Å². The Hall–Kier alpha value is -1.71. The molecule has 0 atom stereocenters. The number of hydrogen-bond acceptors (Lipinski definition) is 4. The van der Waals surface area contributed by atoms with Crippen molar-refractivity contribution in [2.45, 2.75) is 32.6 Å². The van der Waals surface area contributed by atoms with E-state index in [1.807, 2.05) is 6.07 Å². The van der Waals surface area contributed by atoms with Crippen LogP contribution in [0, 0.1) is 0 Å². The third kappa shape index (κ3) is 3.65. The van der Waals surface area contributed by atoms with E-state index >= 15 is 0 Å². The summed E-state index contributed by atoms with van der Waals surface area (Å²) in [7, 11) is 1.43. The highest BCUT2D eigenvalue weighted by Gasteiger charge is 2.20. The van der Waals surface area contributed by atoms with Gasteiger partial charge in [0.25, 0.3) is 0 Å². The van der Waals surface area contributed by atoms with Crippen LogP contribution in [0.2, 0.25) is 0 Å². The minimum Gasteiger partial charge on any atom is -0.494 e. The Morgan fingerprint density at radius 2 is 2.25 bits per heavy atom. The Morgan fingerprint density at radius 1 is 1.40 bits per heavy atom. The second kappa shape index (κ2) is 7.17. The molecule has 1 aliphatic rings. The van der Waals surface area contributed by atoms with Crippen molar-refractivity contribution < 1.29 is 14.3 Å². The van der Waals surface area contributed by atoms with Crippen LogP contribution in [-0.2, 0) is 16.0 Å². The van der Waals surface area contributed by atoms with Crippen molar-refractivity contribution in [3.05, 3.63) is 23.8 Å². The summed E-state index contributed by atoms with van der Waals surface area (Å²) >= 11 is 0. The average molecular weight is 277 g/mol. The Labute approximate surface area is 120 Å². The molecular weight excluding hydrogens is 254 g/mol. The van der Waals surface area contributed by atoms with Crippen molar-refractivity contribution in [2.24, 2.45) is 0 Å². The van der Waals surface area contributed by atoms with Gasteiger partial charge in [0.2, 0.25) is 0 Å². The van der Waals surface area contributed by atoms with Crippen LogP contribution in [0.1, 0.15) is 31.7 Å². The van der Waals surface area contributed by atoms with Gasteiger partial charge < -0.3 is 14.4 Å². The zero-order valence-corrected chi connectivity index (χ0v) is 12.4. The lowest BCUT2D eigenvalue weighted by Crippen LogP contribution is -2.24. The standard InChI is InChI=1S/C16H23NO3/c1-3-4-11-20-14-6-5-13-7-9-17(15(13)12-14)10-8-16(18)19-2/h5-6,12H,3-4,7-11H2,1-2H3. The lowest BCUT2D eigenvalue weighted by molar-refractivity contribution is -0.140. The molecule has 0 aliphatic carbocycles. The number of ether oxygens (including phenoxy) is 2. The van der Waals surface area contributed by atoms with E-state index in [1.54, 1.807) is 0 Å². The molecule has 1 aromatic rings. The molecule has 0 fully saturated rings.